The van der Waals surface area contributed by atoms with E-state index in [1.54, 1.807) is 26.5 Å². The van der Waals surface area contributed by atoms with Crippen molar-refractivity contribution in [1.29, 1.82) is 0 Å². The predicted molar refractivity (Wildman–Crippen MR) is 162 cm³/mol. The van der Waals surface area contributed by atoms with Crippen molar-refractivity contribution < 1.29 is 23.7 Å². The number of amides is 1. The second kappa shape index (κ2) is 13.6. The van der Waals surface area contributed by atoms with Gasteiger partial charge in [-0.25, -0.2) is 9.97 Å². The topological polar surface area (TPSA) is 135 Å². The first-order valence-electron chi connectivity index (χ1n) is 13.2. The van der Waals surface area contributed by atoms with Crippen molar-refractivity contribution in [3.05, 3.63) is 47.1 Å². The average molecular weight is 605 g/mol. The van der Waals surface area contributed by atoms with Gasteiger partial charge in [-0.05, 0) is 37.5 Å². The zero-order chi connectivity index (χ0) is 29.6. The third-order valence-electron chi connectivity index (χ3n) is 6.99. The average Bonchev–Trinajstić information content (AvgIpc) is 2.93. The van der Waals surface area contributed by atoms with Crippen molar-refractivity contribution in [2.75, 3.05) is 64.4 Å². The minimum atomic E-state index is -0.481. The van der Waals surface area contributed by atoms with Crippen LogP contribution in [0.5, 0.6) is 11.5 Å². The molecule has 10 nitrogen and oxygen atoms in total. The Labute approximate surface area is 249 Å². The maximum atomic E-state index is 9.47. The lowest BCUT2D eigenvalue weighted by molar-refractivity contribution is -0.127. The predicted octanol–water partition coefficient (Wildman–Crippen LogP) is 4.88. The van der Waals surface area contributed by atoms with Crippen molar-refractivity contribution in [3.8, 4) is 22.8 Å². The molecule has 1 aromatic carbocycles. The smallest absolute Gasteiger partial charge is 0.240 e. The van der Waals surface area contributed by atoms with E-state index in [-0.39, 0.29) is 5.41 Å². The highest BCUT2D eigenvalue weighted by molar-refractivity contribution is 6.41. The zero-order valence-electron chi connectivity index (χ0n) is 23.3. The molecule has 3 aromatic rings. The number of primary amides is 1. The van der Waals surface area contributed by atoms with Gasteiger partial charge in [-0.3, -0.25) is 4.79 Å². The molecule has 5 heterocycles. The molecular weight excluding hydrogens is 569 g/mol. The van der Waals surface area contributed by atoms with E-state index in [1.165, 1.54) is 19.3 Å². The number of ether oxygens (including phenoxy) is 4. The molecule has 4 N–H and O–H groups in total. The number of anilines is 2. The van der Waals surface area contributed by atoms with Gasteiger partial charge in [0.1, 0.15) is 23.1 Å². The van der Waals surface area contributed by atoms with Crippen LogP contribution in [-0.4, -0.2) is 69.6 Å². The summed E-state index contributed by atoms with van der Waals surface area (Å²) in [6.07, 6.45) is 6.72. The number of nitrogen functional groups attached to an aromatic ring is 1. The SMILES string of the molecule is C1CCOCC1.C=CC(N)=O.COc1cc(OC)c(Cl)c(-c2cc3cnc(N)cc3c(N3CC4(COC4)C3)n2)c1Cl. The van der Waals surface area contributed by atoms with Gasteiger partial charge < -0.3 is 35.3 Å². The standard InChI is InChI=1S/C21H20Cl2N4O3.C5H10O.C3H5NO/c1-28-14-5-15(29-2)19(23)17(18(14)22)13-3-11-6-25-16(24)4-12(11)20(26-13)27-7-21(8-27)9-30-10-21;1-2-4-6-5-3-1;1-2-3(4)5/h3-6H,7-10H2,1-2H3,(H2,24,25);1-5H2;2H,1H2,(H2,4,5). The number of hydrogen-bond acceptors (Lipinski definition) is 9. The van der Waals surface area contributed by atoms with Crippen molar-refractivity contribution in [3.63, 3.8) is 0 Å². The number of halogens is 2. The van der Waals surface area contributed by atoms with Crippen molar-refractivity contribution >= 4 is 51.5 Å². The number of nitrogens with two attached hydrogens (primary N) is 2. The third-order valence-corrected chi connectivity index (χ3v) is 7.74. The van der Waals surface area contributed by atoms with Gasteiger partial charge in [0.25, 0.3) is 0 Å². The molecule has 0 bridgehead atoms. The van der Waals surface area contributed by atoms with Gasteiger partial charge in [-0.1, -0.05) is 29.8 Å². The highest BCUT2D eigenvalue weighted by Gasteiger charge is 2.49. The number of nitrogens with zero attached hydrogens (tertiary/aromatic N) is 3. The fourth-order valence-electron chi connectivity index (χ4n) is 4.80. The summed E-state index contributed by atoms with van der Waals surface area (Å²) in [5.74, 6) is 1.70. The minimum absolute atomic E-state index is 0.233. The first-order chi connectivity index (χ1) is 19.7. The van der Waals surface area contributed by atoms with E-state index >= 15 is 0 Å². The van der Waals surface area contributed by atoms with E-state index in [1.807, 2.05) is 12.1 Å². The highest BCUT2D eigenvalue weighted by atomic mass is 35.5. The molecule has 3 saturated heterocycles. The molecule has 0 atom stereocenters. The van der Waals surface area contributed by atoms with E-state index in [9.17, 15) is 4.79 Å². The summed E-state index contributed by atoms with van der Waals surface area (Å²) in [5.41, 5.74) is 11.9. The zero-order valence-corrected chi connectivity index (χ0v) is 24.8. The van der Waals surface area contributed by atoms with Gasteiger partial charge in [-0.2, -0.15) is 0 Å². The summed E-state index contributed by atoms with van der Waals surface area (Å²) in [5, 5.41) is 2.57. The van der Waals surface area contributed by atoms with Gasteiger partial charge in [0.15, 0.2) is 0 Å². The minimum Gasteiger partial charge on any atom is -0.495 e. The number of pyridine rings is 2. The van der Waals surface area contributed by atoms with E-state index in [4.69, 9.17) is 52.9 Å². The van der Waals surface area contributed by atoms with Crippen LogP contribution in [0.1, 0.15) is 19.3 Å². The summed E-state index contributed by atoms with van der Waals surface area (Å²) in [6.45, 7) is 8.42. The quantitative estimate of drug-likeness (QED) is 0.391. The Morgan fingerprint density at radius 1 is 1.05 bits per heavy atom. The van der Waals surface area contributed by atoms with Crippen LogP contribution in [0.3, 0.4) is 0 Å². The molecule has 41 heavy (non-hydrogen) atoms. The monoisotopic (exact) mass is 603 g/mol. The number of fused-ring (bicyclic) bond motifs is 1. The summed E-state index contributed by atoms with van der Waals surface area (Å²) < 4.78 is 21.3. The number of rotatable bonds is 5. The number of methoxy groups -OCH3 is 2. The lowest BCUT2D eigenvalue weighted by Gasteiger charge is -2.55. The lowest BCUT2D eigenvalue weighted by atomic mass is 9.78. The fraction of sp³-hybridized carbons (Fsp3) is 0.414. The van der Waals surface area contributed by atoms with Crippen molar-refractivity contribution in [2.24, 2.45) is 11.1 Å². The normalized spacial score (nSPS) is 16.7. The van der Waals surface area contributed by atoms with Crippen LogP contribution in [0.2, 0.25) is 10.0 Å². The van der Waals surface area contributed by atoms with Crippen LogP contribution in [-0.2, 0) is 14.3 Å². The number of hydrogen-bond donors (Lipinski definition) is 2. The molecule has 3 aliphatic heterocycles. The van der Waals surface area contributed by atoms with Crippen LogP contribution < -0.4 is 25.8 Å². The molecule has 220 valence electrons. The molecule has 1 spiro atoms. The molecule has 2 aromatic heterocycles. The van der Waals surface area contributed by atoms with Crippen LogP contribution in [0.4, 0.5) is 11.6 Å². The van der Waals surface area contributed by atoms with Crippen molar-refractivity contribution in [2.45, 2.75) is 19.3 Å². The second-order valence-corrected chi connectivity index (χ2v) is 10.8. The summed E-state index contributed by atoms with van der Waals surface area (Å²) in [6, 6.07) is 5.41. The number of aromatic nitrogens is 2. The van der Waals surface area contributed by atoms with Crippen LogP contribution in [0.15, 0.2) is 37.1 Å². The Hall–Kier alpha value is -3.31. The second-order valence-electron chi connectivity index (χ2n) is 10.1. The molecule has 0 saturated carbocycles. The number of carbonyl (C=O) groups excluding carboxylic acids is 1. The summed E-state index contributed by atoms with van der Waals surface area (Å²) >= 11 is 13.3. The fourth-order valence-corrected chi connectivity index (χ4v) is 5.49. The van der Waals surface area contributed by atoms with Gasteiger partial charge in [0, 0.05) is 54.9 Å². The third kappa shape index (κ3) is 6.95. The molecule has 3 fully saturated rings. The van der Waals surface area contributed by atoms with E-state index in [2.05, 4.69) is 22.2 Å². The summed E-state index contributed by atoms with van der Waals surface area (Å²) in [7, 11) is 3.09. The number of benzene rings is 1. The van der Waals surface area contributed by atoms with Gasteiger partial charge in [0.05, 0.1) is 48.6 Å². The Morgan fingerprint density at radius 3 is 2.10 bits per heavy atom. The number of carbonyl (C=O) groups is 1. The Bertz CT molecular complexity index is 1360. The molecule has 0 aliphatic carbocycles. The maximum Gasteiger partial charge on any atom is 0.240 e. The van der Waals surface area contributed by atoms with Crippen LogP contribution in [0.25, 0.3) is 22.0 Å². The largest absolute Gasteiger partial charge is 0.495 e. The van der Waals surface area contributed by atoms with Gasteiger partial charge in [0.2, 0.25) is 5.91 Å². The first kappa shape index (κ1) is 30.6. The molecular formula is C29H35Cl2N5O5. The van der Waals surface area contributed by atoms with Gasteiger partial charge >= 0.3 is 0 Å². The van der Waals surface area contributed by atoms with E-state index in [0.29, 0.717) is 38.6 Å². The Kier molecular flexibility index (Phi) is 10.1. The van der Waals surface area contributed by atoms with E-state index in [0.717, 1.165) is 62.2 Å². The molecule has 3 aliphatic rings. The molecule has 12 heteroatoms. The highest BCUT2D eigenvalue weighted by Crippen LogP contribution is 2.48. The lowest BCUT2D eigenvalue weighted by Crippen LogP contribution is -2.66. The van der Waals surface area contributed by atoms with Crippen LogP contribution in [0, 0.1) is 5.41 Å². The molecule has 6 rings (SSSR count). The van der Waals surface area contributed by atoms with Gasteiger partial charge in [-0.15, -0.1) is 0 Å². The summed E-state index contributed by atoms with van der Waals surface area (Å²) in [4.78, 5) is 20.9. The maximum absolute atomic E-state index is 9.47. The molecule has 0 radical (unpaired) electrons. The molecule has 1 amide bonds. The Balaban J connectivity index is 0.000000297. The Morgan fingerprint density at radius 2 is 1.66 bits per heavy atom. The molecule has 0 unspecified atom stereocenters. The van der Waals surface area contributed by atoms with E-state index < -0.39 is 5.91 Å². The first-order valence-corrected chi connectivity index (χ1v) is 14.0. The van der Waals surface area contributed by atoms with Crippen LogP contribution >= 0.6 is 23.2 Å². The van der Waals surface area contributed by atoms with Crippen molar-refractivity contribution in [1.82, 2.24) is 9.97 Å².